The van der Waals surface area contributed by atoms with Crippen molar-refractivity contribution in [2.75, 3.05) is 28.3 Å². The Morgan fingerprint density at radius 3 is 1.40 bits per heavy atom. The summed E-state index contributed by atoms with van der Waals surface area (Å²) in [7, 11) is 5.83. The van der Waals surface area contributed by atoms with Crippen LogP contribution in [0.1, 0.15) is 20.3 Å². The lowest BCUT2D eigenvalue weighted by Gasteiger charge is -2.05. The lowest BCUT2D eigenvalue weighted by atomic mass is 10.6. The molecule has 15 heavy (non-hydrogen) atoms. The fourth-order valence-electron chi connectivity index (χ4n) is 0.183. The van der Waals surface area contributed by atoms with Crippen LogP contribution in [-0.4, -0.2) is 44.7 Å². The molecule has 0 N–H and O–H groups in total. The van der Waals surface area contributed by atoms with Gasteiger partial charge in [-0.1, -0.05) is 20.3 Å². The Bertz CT molecular complexity index is 162. The van der Waals surface area contributed by atoms with Crippen LogP contribution in [0.5, 0.6) is 0 Å². The van der Waals surface area contributed by atoms with Crippen molar-refractivity contribution in [3.8, 4) is 0 Å². The highest BCUT2D eigenvalue weighted by Gasteiger charge is 1.97. The number of nitrogens with zero attached hydrogens (tertiary/aromatic N) is 1. The summed E-state index contributed by atoms with van der Waals surface area (Å²) < 4.78 is 8.18. The van der Waals surface area contributed by atoms with Gasteiger partial charge in [0.15, 0.2) is 0 Å². The van der Waals surface area contributed by atoms with Gasteiger partial charge in [-0.3, -0.25) is 0 Å². The first-order valence-corrected chi connectivity index (χ1v) is 4.73. The summed E-state index contributed by atoms with van der Waals surface area (Å²) in [6, 6.07) is 0. The number of hydrogen-bond donors (Lipinski definition) is 0. The van der Waals surface area contributed by atoms with E-state index in [2.05, 4.69) is 34.9 Å². The van der Waals surface area contributed by atoms with Crippen molar-refractivity contribution in [1.29, 1.82) is 0 Å². The zero-order valence-electron chi connectivity index (χ0n) is 10.2. The van der Waals surface area contributed by atoms with Gasteiger partial charge in [0.2, 0.25) is 0 Å². The van der Waals surface area contributed by atoms with Crippen molar-refractivity contribution in [2.24, 2.45) is 0 Å². The number of halogens is 1. The molecule has 0 bridgehead atoms. The van der Waals surface area contributed by atoms with E-state index in [1.165, 1.54) is 25.5 Å². The minimum Gasteiger partial charge on any atom is -0.457 e. The first-order valence-electron chi connectivity index (χ1n) is 4.35. The zero-order chi connectivity index (χ0) is 12.9. The van der Waals surface area contributed by atoms with E-state index in [0.29, 0.717) is 0 Å². The molecule has 0 atom stereocenters. The molecule has 0 aliphatic carbocycles. The van der Waals surface area contributed by atoms with Gasteiger partial charge in [-0.2, -0.15) is 0 Å². The molecule has 5 nitrogen and oxygen atoms in total. The smallest absolute Gasteiger partial charge is 0.408 e. The second kappa shape index (κ2) is 15.5. The van der Waals surface area contributed by atoms with Crippen LogP contribution < -0.4 is 0 Å². The molecule has 0 aromatic rings. The summed E-state index contributed by atoms with van der Waals surface area (Å²) in [6.45, 7) is 4.25. The van der Waals surface area contributed by atoms with E-state index in [4.69, 9.17) is 0 Å². The Morgan fingerprint density at radius 1 is 1.13 bits per heavy atom. The first-order chi connectivity index (χ1) is 6.87. The Kier molecular flexibility index (Phi) is 20.2. The maximum atomic E-state index is 10.2. The SMILES string of the molecule is CCC.COC(=O)Cl.COC(=O)N(C)C. The standard InChI is InChI=1S/C4H9NO2.C3H8.C2H3ClO2/c1-5(2)4(6)7-3;1-3-2;1-5-2(3)4/h1-3H3;3H2,1-2H3;1H3. The van der Waals surface area contributed by atoms with Gasteiger partial charge in [0.25, 0.3) is 0 Å². The molecular weight excluding hydrogens is 222 g/mol. The van der Waals surface area contributed by atoms with Gasteiger partial charge in [-0.05, 0) is 0 Å². The second-order valence-electron chi connectivity index (χ2n) is 2.51. The summed E-state index contributed by atoms with van der Waals surface area (Å²) in [5.74, 6) is 0. The van der Waals surface area contributed by atoms with Crippen LogP contribution in [0.4, 0.5) is 9.59 Å². The predicted octanol–water partition coefficient (Wildman–Crippen LogP) is 2.72. The van der Waals surface area contributed by atoms with Gasteiger partial charge in [-0.25, -0.2) is 9.59 Å². The molecule has 0 saturated heterocycles. The zero-order valence-corrected chi connectivity index (χ0v) is 10.9. The molecular formula is C9H20ClNO4. The fraction of sp³-hybridized carbons (Fsp3) is 0.778. The Morgan fingerprint density at radius 2 is 1.40 bits per heavy atom. The normalized spacial score (nSPS) is 7.13. The van der Waals surface area contributed by atoms with Crippen molar-refractivity contribution >= 4 is 23.1 Å². The van der Waals surface area contributed by atoms with E-state index in [1.54, 1.807) is 14.1 Å². The monoisotopic (exact) mass is 241 g/mol. The van der Waals surface area contributed by atoms with E-state index >= 15 is 0 Å². The van der Waals surface area contributed by atoms with E-state index in [0.717, 1.165) is 0 Å². The number of hydrogen-bond acceptors (Lipinski definition) is 4. The molecule has 0 spiro atoms. The van der Waals surface area contributed by atoms with E-state index < -0.39 is 5.43 Å². The van der Waals surface area contributed by atoms with Crippen molar-refractivity contribution in [2.45, 2.75) is 20.3 Å². The molecule has 0 unspecified atom stereocenters. The van der Waals surface area contributed by atoms with E-state index in [-0.39, 0.29) is 6.09 Å². The van der Waals surface area contributed by atoms with Crippen LogP contribution >= 0.6 is 11.6 Å². The van der Waals surface area contributed by atoms with Crippen LogP contribution in [0, 0.1) is 0 Å². The minimum absolute atomic E-state index is 0.319. The van der Waals surface area contributed by atoms with Gasteiger partial charge in [0, 0.05) is 25.7 Å². The number of carbonyl (C=O) groups is 2. The average Bonchev–Trinajstić information content (AvgIpc) is 2.18. The number of ether oxygens (including phenoxy) is 2. The van der Waals surface area contributed by atoms with Crippen molar-refractivity contribution < 1.29 is 19.1 Å². The fourth-order valence-corrected chi connectivity index (χ4v) is 0.183. The lowest BCUT2D eigenvalue weighted by Crippen LogP contribution is -2.20. The molecule has 0 fully saturated rings. The quantitative estimate of drug-likeness (QED) is 0.612. The van der Waals surface area contributed by atoms with E-state index in [1.807, 2.05) is 0 Å². The highest BCUT2D eigenvalue weighted by molar-refractivity contribution is 6.61. The summed E-state index contributed by atoms with van der Waals surface area (Å²) in [6.07, 6.45) is 0.931. The molecule has 0 aromatic heterocycles. The van der Waals surface area contributed by atoms with Crippen molar-refractivity contribution in [3.63, 3.8) is 0 Å². The maximum absolute atomic E-state index is 10.2. The lowest BCUT2D eigenvalue weighted by molar-refractivity contribution is 0.141. The van der Waals surface area contributed by atoms with E-state index in [9.17, 15) is 9.59 Å². The van der Waals surface area contributed by atoms with Crippen LogP contribution in [0.3, 0.4) is 0 Å². The predicted molar refractivity (Wildman–Crippen MR) is 60.3 cm³/mol. The molecule has 0 aliphatic rings. The van der Waals surface area contributed by atoms with Crippen LogP contribution in [-0.2, 0) is 9.47 Å². The maximum Gasteiger partial charge on any atom is 0.408 e. The number of carbonyl (C=O) groups excluding carboxylic acids is 2. The second-order valence-corrected chi connectivity index (χ2v) is 2.82. The molecule has 0 heterocycles. The molecule has 0 aliphatic heterocycles. The summed E-state index contributed by atoms with van der Waals surface area (Å²) >= 11 is 4.60. The number of rotatable bonds is 0. The van der Waals surface area contributed by atoms with Gasteiger partial charge in [-0.15, -0.1) is 0 Å². The number of methoxy groups -OCH3 is 2. The van der Waals surface area contributed by atoms with Crippen LogP contribution in [0.25, 0.3) is 0 Å². The molecule has 0 aromatic carbocycles. The minimum atomic E-state index is -0.773. The van der Waals surface area contributed by atoms with Gasteiger partial charge >= 0.3 is 11.5 Å². The Labute approximate surface area is 96.3 Å². The Hall–Kier alpha value is -0.970. The summed E-state index contributed by atoms with van der Waals surface area (Å²) in [5.41, 5.74) is -0.773. The molecule has 0 saturated carbocycles. The molecule has 0 rings (SSSR count). The topological polar surface area (TPSA) is 55.8 Å². The molecule has 1 amide bonds. The first kappa shape index (κ1) is 19.6. The average molecular weight is 242 g/mol. The molecule has 0 radical (unpaired) electrons. The largest absolute Gasteiger partial charge is 0.457 e. The summed E-state index contributed by atoms with van der Waals surface area (Å²) in [5, 5.41) is 0. The third-order valence-corrected chi connectivity index (χ3v) is 0.855. The van der Waals surface area contributed by atoms with Crippen LogP contribution in [0.15, 0.2) is 0 Å². The molecule has 92 valence electrons. The van der Waals surface area contributed by atoms with Crippen LogP contribution in [0.2, 0.25) is 0 Å². The van der Waals surface area contributed by atoms with Gasteiger partial charge in [0.05, 0.1) is 14.2 Å². The van der Waals surface area contributed by atoms with Crippen molar-refractivity contribution in [1.82, 2.24) is 4.90 Å². The van der Waals surface area contributed by atoms with Gasteiger partial charge < -0.3 is 14.4 Å². The third kappa shape index (κ3) is 32.1. The number of amides is 1. The van der Waals surface area contributed by atoms with Crippen molar-refractivity contribution in [3.05, 3.63) is 0 Å². The Balaban J connectivity index is -0.000000158. The van der Waals surface area contributed by atoms with Gasteiger partial charge in [0.1, 0.15) is 0 Å². The third-order valence-electron chi connectivity index (χ3n) is 0.700. The highest BCUT2D eigenvalue weighted by atomic mass is 35.5. The highest BCUT2D eigenvalue weighted by Crippen LogP contribution is 1.78. The summed E-state index contributed by atoms with van der Waals surface area (Å²) in [4.78, 5) is 20.9. The molecule has 6 heteroatoms.